The van der Waals surface area contributed by atoms with Crippen LogP contribution < -0.4 is 0 Å². The van der Waals surface area contributed by atoms with Crippen LogP contribution in [-0.2, 0) is 65.4 Å². The Morgan fingerprint density at radius 2 is 0.615 bits per heavy atom. The molecular formula is C77H146O17P2. The molecule has 96 heavy (non-hydrogen) atoms. The van der Waals surface area contributed by atoms with Gasteiger partial charge in [0.1, 0.15) is 19.3 Å². The summed E-state index contributed by atoms with van der Waals surface area (Å²) in [5, 5.41) is 10.6. The van der Waals surface area contributed by atoms with Crippen molar-refractivity contribution in [2.24, 2.45) is 11.8 Å². The van der Waals surface area contributed by atoms with Crippen molar-refractivity contribution in [3.05, 3.63) is 24.3 Å². The first-order chi connectivity index (χ1) is 46.4. The quantitative estimate of drug-likeness (QED) is 0.0169. The summed E-state index contributed by atoms with van der Waals surface area (Å²) in [6.45, 7) is 9.54. The molecule has 6 atom stereocenters. The zero-order chi connectivity index (χ0) is 70.7. The standard InChI is InChI=1S/C77H146O17P2/c1-7-10-12-14-16-18-20-22-24-26-28-35-41-47-53-59-74(79)87-65-72(93-76(81)61-55-49-43-36-29-27-25-23-21-19-17-15-13-11-8-2)67-91-95(83,84)89-63-71(78)64-90-96(85,86)92-68-73(66-88-75(80)60-54-48-42-38-32-33-39-45-51-57-69(4)5)94-77(82)62-56-50-44-37-31-30-34-40-46-52-58-70(6)9-3/h19,21,23,25,69-73,78H,7-18,20,22,24,26-68H2,1-6H3,(H,83,84)(H,85,86)/b21-19-,25-23-/t70?,71-,72-,73-/m1/s1. The number of esters is 4. The van der Waals surface area contributed by atoms with Crippen LogP contribution in [0.4, 0.5) is 0 Å². The van der Waals surface area contributed by atoms with Gasteiger partial charge in [-0.05, 0) is 63.2 Å². The highest BCUT2D eigenvalue weighted by atomic mass is 31.2. The van der Waals surface area contributed by atoms with Crippen molar-refractivity contribution in [1.82, 2.24) is 0 Å². The first-order valence-electron chi connectivity index (χ1n) is 39.3. The highest BCUT2D eigenvalue weighted by Gasteiger charge is 2.30. The fourth-order valence-electron chi connectivity index (χ4n) is 11.3. The maximum absolute atomic E-state index is 13.1. The number of aliphatic hydroxyl groups is 1. The lowest BCUT2D eigenvalue weighted by atomic mass is 9.99. The third-order valence-electron chi connectivity index (χ3n) is 17.7. The van der Waals surface area contributed by atoms with Gasteiger partial charge in [0.25, 0.3) is 0 Å². The number of hydrogen-bond donors (Lipinski definition) is 3. The number of carbonyl (C=O) groups excluding carboxylic acids is 4. The van der Waals surface area contributed by atoms with Crippen LogP contribution in [0, 0.1) is 11.8 Å². The summed E-state index contributed by atoms with van der Waals surface area (Å²) in [4.78, 5) is 72.9. The Morgan fingerprint density at radius 1 is 0.344 bits per heavy atom. The van der Waals surface area contributed by atoms with Crippen LogP contribution in [0.1, 0.15) is 375 Å². The SMILES string of the molecule is CCCCCC/C=C\C=C/CCCCCCCC(=O)O[C@H](COC(=O)CCCCCCCCCCCCCCCCC)COP(=O)(O)OC[C@@H](O)COP(=O)(O)OC[C@@H](COC(=O)CCCCCCCCCCCC(C)C)OC(=O)CCCCCCCCCCCCC(C)CC. The maximum Gasteiger partial charge on any atom is 0.472 e. The van der Waals surface area contributed by atoms with Gasteiger partial charge in [0.15, 0.2) is 12.2 Å². The Morgan fingerprint density at radius 3 is 0.938 bits per heavy atom. The van der Waals surface area contributed by atoms with Crippen LogP contribution in [0.15, 0.2) is 24.3 Å². The van der Waals surface area contributed by atoms with Crippen LogP contribution in [0.5, 0.6) is 0 Å². The molecule has 0 saturated carbocycles. The van der Waals surface area contributed by atoms with Gasteiger partial charge >= 0.3 is 39.5 Å². The average Bonchev–Trinajstić information content (AvgIpc) is 1.59. The molecule has 0 aliphatic heterocycles. The monoisotopic (exact) mass is 1410 g/mol. The molecule has 0 rings (SSSR count). The van der Waals surface area contributed by atoms with E-state index in [0.717, 1.165) is 115 Å². The molecule has 0 aromatic carbocycles. The molecule has 0 aromatic rings. The smallest absolute Gasteiger partial charge is 0.462 e. The van der Waals surface area contributed by atoms with Crippen LogP contribution in [-0.4, -0.2) is 96.7 Å². The van der Waals surface area contributed by atoms with Crippen molar-refractivity contribution in [3.63, 3.8) is 0 Å². The van der Waals surface area contributed by atoms with Crippen molar-refractivity contribution in [2.75, 3.05) is 39.6 Å². The number of aliphatic hydroxyl groups excluding tert-OH is 1. The largest absolute Gasteiger partial charge is 0.472 e. The minimum atomic E-state index is -4.97. The number of phosphoric acid groups is 2. The fraction of sp³-hybridized carbons (Fsp3) is 0.896. The van der Waals surface area contributed by atoms with E-state index in [1.54, 1.807) is 0 Å². The zero-order valence-corrected chi connectivity index (χ0v) is 63.9. The average molecular weight is 1410 g/mol. The first-order valence-corrected chi connectivity index (χ1v) is 42.3. The van der Waals surface area contributed by atoms with Crippen molar-refractivity contribution in [1.29, 1.82) is 0 Å². The minimum Gasteiger partial charge on any atom is -0.462 e. The van der Waals surface area contributed by atoms with Gasteiger partial charge in [0.2, 0.25) is 0 Å². The number of carbonyl (C=O) groups is 4. The Balaban J connectivity index is 5.31. The second-order valence-corrected chi connectivity index (χ2v) is 30.7. The number of hydrogen-bond acceptors (Lipinski definition) is 15. The number of allylic oxidation sites excluding steroid dienone is 4. The lowest BCUT2D eigenvalue weighted by molar-refractivity contribution is -0.161. The van der Waals surface area contributed by atoms with E-state index >= 15 is 0 Å². The summed E-state index contributed by atoms with van der Waals surface area (Å²) >= 11 is 0. The number of rotatable bonds is 74. The summed E-state index contributed by atoms with van der Waals surface area (Å²) in [6, 6.07) is 0. The Kier molecular flexibility index (Phi) is 66.6. The molecule has 17 nitrogen and oxygen atoms in total. The lowest BCUT2D eigenvalue weighted by Gasteiger charge is -2.21. The fourth-order valence-corrected chi connectivity index (χ4v) is 12.8. The van der Waals surface area contributed by atoms with E-state index in [4.69, 9.17) is 37.0 Å². The van der Waals surface area contributed by atoms with Gasteiger partial charge < -0.3 is 33.8 Å². The molecule has 0 fully saturated rings. The first kappa shape index (κ1) is 93.5. The van der Waals surface area contributed by atoms with Crippen LogP contribution in [0.3, 0.4) is 0 Å². The molecule has 0 spiro atoms. The summed E-state index contributed by atoms with van der Waals surface area (Å²) in [5.41, 5.74) is 0. The van der Waals surface area contributed by atoms with E-state index in [2.05, 4.69) is 65.8 Å². The van der Waals surface area contributed by atoms with E-state index in [0.29, 0.717) is 25.7 Å². The van der Waals surface area contributed by atoms with Gasteiger partial charge in [-0.25, -0.2) is 9.13 Å². The van der Waals surface area contributed by atoms with E-state index in [1.807, 2.05) is 0 Å². The molecule has 0 radical (unpaired) electrons. The number of phosphoric ester groups is 2. The zero-order valence-electron chi connectivity index (χ0n) is 62.2. The molecular weight excluding hydrogens is 1260 g/mol. The molecule has 0 amide bonds. The van der Waals surface area contributed by atoms with E-state index in [-0.39, 0.29) is 25.7 Å². The summed E-state index contributed by atoms with van der Waals surface area (Å²) in [6.07, 6.45) is 58.9. The molecule has 566 valence electrons. The van der Waals surface area contributed by atoms with Gasteiger partial charge in [-0.3, -0.25) is 37.3 Å². The van der Waals surface area contributed by atoms with Gasteiger partial charge in [-0.15, -0.1) is 0 Å². The highest BCUT2D eigenvalue weighted by molar-refractivity contribution is 7.47. The normalized spacial score (nSPS) is 14.4. The summed E-state index contributed by atoms with van der Waals surface area (Å²) < 4.78 is 68.5. The highest BCUT2D eigenvalue weighted by Crippen LogP contribution is 2.45. The van der Waals surface area contributed by atoms with Gasteiger partial charge in [0.05, 0.1) is 26.4 Å². The predicted molar refractivity (Wildman–Crippen MR) is 391 cm³/mol. The topological polar surface area (TPSA) is 237 Å². The minimum absolute atomic E-state index is 0.0854. The number of ether oxygens (including phenoxy) is 4. The molecule has 0 heterocycles. The maximum atomic E-state index is 13.1. The van der Waals surface area contributed by atoms with E-state index < -0.39 is 97.5 Å². The van der Waals surface area contributed by atoms with Crippen LogP contribution in [0.25, 0.3) is 0 Å². The third kappa shape index (κ3) is 68.7. The van der Waals surface area contributed by atoms with Gasteiger partial charge in [-0.1, -0.05) is 323 Å². The number of unbranched alkanes of at least 4 members (excludes halogenated alkanes) is 40. The van der Waals surface area contributed by atoms with Crippen molar-refractivity contribution >= 4 is 39.5 Å². The van der Waals surface area contributed by atoms with Crippen molar-refractivity contribution < 1.29 is 80.2 Å². The second kappa shape index (κ2) is 68.3. The predicted octanol–water partition coefficient (Wildman–Crippen LogP) is 22.3. The Hall–Kier alpha value is -2.46. The molecule has 0 aromatic heterocycles. The second-order valence-electron chi connectivity index (χ2n) is 27.8. The Bertz CT molecular complexity index is 1950. The van der Waals surface area contributed by atoms with Crippen LogP contribution >= 0.6 is 15.6 Å². The van der Waals surface area contributed by atoms with Gasteiger partial charge in [0, 0.05) is 25.7 Å². The molecule has 0 saturated heterocycles. The van der Waals surface area contributed by atoms with E-state index in [1.165, 1.54) is 180 Å². The van der Waals surface area contributed by atoms with Crippen molar-refractivity contribution in [2.45, 2.75) is 394 Å². The Labute approximate surface area is 586 Å². The lowest BCUT2D eigenvalue weighted by Crippen LogP contribution is -2.30. The molecule has 0 aliphatic rings. The van der Waals surface area contributed by atoms with Crippen molar-refractivity contribution in [3.8, 4) is 0 Å². The summed E-state index contributed by atoms with van der Waals surface area (Å²) in [5.74, 6) is -0.600. The third-order valence-corrected chi connectivity index (χ3v) is 19.6. The van der Waals surface area contributed by atoms with Crippen LogP contribution in [0.2, 0.25) is 0 Å². The molecule has 0 aliphatic carbocycles. The molecule has 0 bridgehead atoms. The van der Waals surface area contributed by atoms with E-state index in [9.17, 15) is 43.2 Å². The van der Waals surface area contributed by atoms with Gasteiger partial charge in [-0.2, -0.15) is 0 Å². The molecule has 19 heteroatoms. The molecule has 3 N–H and O–H groups in total. The molecule has 3 unspecified atom stereocenters. The summed E-state index contributed by atoms with van der Waals surface area (Å²) in [7, 11) is -9.93.